The van der Waals surface area contributed by atoms with Gasteiger partial charge in [0, 0.05) is 5.56 Å². The molecule has 0 aliphatic carbocycles. The van der Waals surface area contributed by atoms with Crippen LogP contribution in [0.4, 0.5) is 13.2 Å². The van der Waals surface area contributed by atoms with E-state index in [4.69, 9.17) is 0 Å². The van der Waals surface area contributed by atoms with Gasteiger partial charge in [-0.2, -0.15) is 0 Å². The van der Waals surface area contributed by atoms with Crippen molar-refractivity contribution in [2.45, 2.75) is 46.5 Å². The Kier molecular flexibility index (Phi) is 7.86. The maximum absolute atomic E-state index is 14.3. The van der Waals surface area contributed by atoms with Crippen LogP contribution in [0.15, 0.2) is 72.1 Å². The van der Waals surface area contributed by atoms with E-state index in [1.54, 1.807) is 44.2 Å². The van der Waals surface area contributed by atoms with Gasteiger partial charge in [-0.3, -0.25) is 0 Å². The molecule has 0 saturated carbocycles. The molecule has 0 aromatic heterocycles. The van der Waals surface area contributed by atoms with Crippen LogP contribution < -0.4 is 0 Å². The molecule has 0 saturated heterocycles. The summed E-state index contributed by atoms with van der Waals surface area (Å²) >= 11 is 0. The normalized spacial score (nSPS) is 12.4. The molecule has 0 N–H and O–H groups in total. The van der Waals surface area contributed by atoms with Crippen molar-refractivity contribution < 1.29 is 13.2 Å². The lowest BCUT2D eigenvalue weighted by Gasteiger charge is -2.09. The second-order valence-electron chi connectivity index (χ2n) is 6.96. The van der Waals surface area contributed by atoms with Crippen LogP contribution in [0.25, 0.3) is 11.1 Å². The standard InChI is InChI=1S/C25H27F3/c1-5-19(23(26)16-17(3)4)9-7-8-18-10-12-21(13-11-18)22-15-14-20(6-2)24(27)25(22)28/h5,10-16H,3,6-9H2,1-2,4H3/b19-5-,23-16+. The third-order valence-corrected chi connectivity index (χ3v) is 4.75. The summed E-state index contributed by atoms with van der Waals surface area (Å²) in [6.45, 7) is 9.09. The van der Waals surface area contributed by atoms with E-state index in [0.29, 0.717) is 35.1 Å². The fraction of sp³-hybridized carbons (Fsp3) is 0.280. The summed E-state index contributed by atoms with van der Waals surface area (Å²) in [5, 5.41) is 0. The van der Waals surface area contributed by atoms with Gasteiger partial charge in [-0.05, 0) is 67.9 Å². The summed E-state index contributed by atoms with van der Waals surface area (Å²) in [4.78, 5) is 0. The molecule has 2 rings (SSSR count). The monoisotopic (exact) mass is 384 g/mol. The fourth-order valence-electron chi connectivity index (χ4n) is 3.13. The Labute approximate surface area is 166 Å². The summed E-state index contributed by atoms with van der Waals surface area (Å²) in [5.74, 6) is -1.81. The summed E-state index contributed by atoms with van der Waals surface area (Å²) in [6, 6.07) is 10.7. The molecule has 0 atom stereocenters. The van der Waals surface area contributed by atoms with E-state index in [1.165, 1.54) is 6.08 Å². The minimum absolute atomic E-state index is 0.238. The maximum Gasteiger partial charge on any atom is 0.166 e. The third-order valence-electron chi connectivity index (χ3n) is 4.75. The number of allylic oxidation sites excluding steroid dienone is 5. The quantitative estimate of drug-likeness (QED) is 0.406. The highest BCUT2D eigenvalue weighted by molar-refractivity contribution is 5.65. The number of hydrogen-bond acceptors (Lipinski definition) is 0. The van der Waals surface area contributed by atoms with Crippen LogP contribution in [0.3, 0.4) is 0 Å². The Morgan fingerprint density at radius 2 is 1.71 bits per heavy atom. The highest BCUT2D eigenvalue weighted by Gasteiger charge is 2.13. The molecular weight excluding hydrogens is 357 g/mol. The van der Waals surface area contributed by atoms with Crippen LogP contribution in [0.2, 0.25) is 0 Å². The van der Waals surface area contributed by atoms with Gasteiger partial charge in [-0.1, -0.05) is 61.5 Å². The van der Waals surface area contributed by atoms with Crippen molar-refractivity contribution in [1.29, 1.82) is 0 Å². The lowest BCUT2D eigenvalue weighted by Crippen LogP contribution is -1.96. The van der Waals surface area contributed by atoms with Gasteiger partial charge in [-0.25, -0.2) is 13.2 Å². The third kappa shape index (κ3) is 5.48. The minimum Gasteiger partial charge on any atom is -0.207 e. The molecule has 0 aliphatic heterocycles. The zero-order valence-electron chi connectivity index (χ0n) is 16.8. The zero-order chi connectivity index (χ0) is 20.7. The highest BCUT2D eigenvalue weighted by Crippen LogP contribution is 2.27. The summed E-state index contributed by atoms with van der Waals surface area (Å²) in [6.07, 6.45) is 5.90. The van der Waals surface area contributed by atoms with E-state index >= 15 is 0 Å². The highest BCUT2D eigenvalue weighted by atomic mass is 19.2. The van der Waals surface area contributed by atoms with E-state index in [0.717, 1.165) is 18.4 Å². The summed E-state index contributed by atoms with van der Waals surface area (Å²) < 4.78 is 42.4. The van der Waals surface area contributed by atoms with E-state index in [2.05, 4.69) is 6.58 Å². The summed E-state index contributed by atoms with van der Waals surface area (Å²) in [7, 11) is 0. The molecule has 0 bridgehead atoms. The molecule has 2 aromatic carbocycles. The Morgan fingerprint density at radius 1 is 1.04 bits per heavy atom. The van der Waals surface area contributed by atoms with Crippen LogP contribution >= 0.6 is 0 Å². The van der Waals surface area contributed by atoms with Gasteiger partial charge in [0.05, 0.1) is 0 Å². The lowest BCUT2D eigenvalue weighted by molar-refractivity contribution is 0.502. The molecule has 0 spiro atoms. The lowest BCUT2D eigenvalue weighted by atomic mass is 9.98. The maximum atomic E-state index is 14.3. The second-order valence-corrected chi connectivity index (χ2v) is 6.96. The van der Waals surface area contributed by atoms with E-state index in [9.17, 15) is 13.2 Å². The Hall–Kier alpha value is -2.55. The Balaban J connectivity index is 2.04. The molecule has 0 nitrogen and oxygen atoms in total. The Bertz CT molecular complexity index is 887. The number of halogens is 3. The van der Waals surface area contributed by atoms with Crippen LogP contribution in [-0.4, -0.2) is 0 Å². The van der Waals surface area contributed by atoms with Gasteiger partial charge in [0.25, 0.3) is 0 Å². The first kappa shape index (κ1) is 21.7. The van der Waals surface area contributed by atoms with E-state index in [-0.39, 0.29) is 11.4 Å². The van der Waals surface area contributed by atoms with Crippen LogP contribution in [0, 0.1) is 11.6 Å². The van der Waals surface area contributed by atoms with Gasteiger partial charge in [0.15, 0.2) is 11.6 Å². The molecule has 0 aliphatic rings. The fourth-order valence-corrected chi connectivity index (χ4v) is 3.13. The predicted molar refractivity (Wildman–Crippen MR) is 112 cm³/mol. The van der Waals surface area contributed by atoms with Gasteiger partial charge in [-0.15, -0.1) is 0 Å². The minimum atomic E-state index is -0.801. The SMILES string of the molecule is C=C(C)/C=C(F)\C(=C/C)CCCc1ccc(-c2ccc(CC)c(F)c2F)cc1. The number of aryl methyl sites for hydroxylation is 2. The van der Waals surface area contributed by atoms with Crippen molar-refractivity contribution >= 4 is 0 Å². The average molecular weight is 384 g/mol. The largest absolute Gasteiger partial charge is 0.207 e. The molecule has 3 heteroatoms. The van der Waals surface area contributed by atoms with Crippen molar-refractivity contribution in [3.8, 4) is 11.1 Å². The number of hydrogen-bond donors (Lipinski definition) is 0. The van der Waals surface area contributed by atoms with E-state index < -0.39 is 11.6 Å². The molecule has 0 fully saturated rings. The Morgan fingerprint density at radius 3 is 2.29 bits per heavy atom. The molecule has 148 valence electrons. The molecular formula is C25H27F3. The molecule has 0 radical (unpaired) electrons. The van der Waals surface area contributed by atoms with Crippen molar-refractivity contribution in [3.05, 3.63) is 94.9 Å². The molecule has 0 heterocycles. The zero-order valence-corrected chi connectivity index (χ0v) is 16.8. The average Bonchev–Trinajstić information content (AvgIpc) is 2.67. The van der Waals surface area contributed by atoms with Crippen molar-refractivity contribution in [1.82, 2.24) is 0 Å². The molecule has 0 amide bonds. The van der Waals surface area contributed by atoms with Crippen molar-refractivity contribution in [2.75, 3.05) is 0 Å². The van der Waals surface area contributed by atoms with Crippen LogP contribution in [-0.2, 0) is 12.8 Å². The van der Waals surface area contributed by atoms with Gasteiger partial charge >= 0.3 is 0 Å². The molecule has 28 heavy (non-hydrogen) atoms. The molecule has 2 aromatic rings. The van der Waals surface area contributed by atoms with Crippen molar-refractivity contribution in [3.63, 3.8) is 0 Å². The first-order valence-electron chi connectivity index (χ1n) is 9.61. The first-order valence-corrected chi connectivity index (χ1v) is 9.61. The van der Waals surface area contributed by atoms with Gasteiger partial charge < -0.3 is 0 Å². The molecule has 0 unspecified atom stereocenters. The number of rotatable bonds is 8. The van der Waals surface area contributed by atoms with Gasteiger partial charge in [0.1, 0.15) is 5.83 Å². The predicted octanol–water partition coefficient (Wildman–Crippen LogP) is 7.89. The number of benzene rings is 2. The summed E-state index contributed by atoms with van der Waals surface area (Å²) in [5.41, 5.74) is 3.73. The van der Waals surface area contributed by atoms with Crippen LogP contribution in [0.1, 0.15) is 44.7 Å². The first-order chi connectivity index (χ1) is 13.4. The van der Waals surface area contributed by atoms with Crippen LogP contribution in [0.5, 0.6) is 0 Å². The topological polar surface area (TPSA) is 0 Å². The van der Waals surface area contributed by atoms with Crippen molar-refractivity contribution in [2.24, 2.45) is 0 Å². The smallest absolute Gasteiger partial charge is 0.166 e. The van der Waals surface area contributed by atoms with Gasteiger partial charge in [0.2, 0.25) is 0 Å². The van der Waals surface area contributed by atoms with E-state index in [1.807, 2.05) is 19.1 Å². The second kappa shape index (κ2) is 10.1.